The quantitative estimate of drug-likeness (QED) is 0.214. The fraction of sp³-hybridized carbons (Fsp3) is 0. The molecule has 0 radical (unpaired) electrons. The van der Waals surface area contributed by atoms with Gasteiger partial charge in [0, 0.05) is 39.4 Å². The molecule has 43 heavy (non-hydrogen) atoms. The Morgan fingerprint density at radius 3 is 1.49 bits per heavy atom. The van der Waals surface area contributed by atoms with Gasteiger partial charge in [0.2, 0.25) is 0 Å². The van der Waals surface area contributed by atoms with Crippen LogP contribution in [0.1, 0.15) is 0 Å². The second-order valence-corrected chi connectivity index (χ2v) is 10.2. The van der Waals surface area contributed by atoms with Gasteiger partial charge in [0.1, 0.15) is 11.5 Å². The van der Waals surface area contributed by atoms with E-state index in [9.17, 15) is 0 Å². The number of fused-ring (bicyclic) bond motifs is 3. The van der Waals surface area contributed by atoms with Crippen LogP contribution in [0.25, 0.3) is 73.4 Å². The maximum absolute atomic E-state index is 5.17. The summed E-state index contributed by atoms with van der Waals surface area (Å²) in [6.45, 7) is 0. The van der Waals surface area contributed by atoms with E-state index in [4.69, 9.17) is 24.9 Å². The van der Waals surface area contributed by atoms with Crippen LogP contribution in [0.3, 0.4) is 0 Å². The predicted molar refractivity (Wildman–Crippen MR) is 171 cm³/mol. The van der Waals surface area contributed by atoms with Gasteiger partial charge in [-0.05, 0) is 24.3 Å². The number of pyridine rings is 2. The minimum atomic E-state index is 0.615. The standard InChI is InChI=1S/C37H24N6/c1-4-11-25(12-5-1)32-31-23-22-29-17-10-24-38-36(29)43(31)37(39-32)30-20-18-28(19-21-30)35-41-33(26-13-6-2-7-14-26)40-34(42-35)27-15-8-3-9-16-27/h1-24H. The number of rotatable bonds is 5. The molecule has 4 aromatic carbocycles. The van der Waals surface area contributed by atoms with E-state index in [-0.39, 0.29) is 0 Å². The van der Waals surface area contributed by atoms with Gasteiger partial charge in [-0.2, -0.15) is 0 Å². The lowest BCUT2D eigenvalue weighted by Crippen LogP contribution is -2.00. The Hall–Kier alpha value is -6.01. The van der Waals surface area contributed by atoms with E-state index in [1.165, 1.54) is 0 Å². The maximum Gasteiger partial charge on any atom is 0.164 e. The van der Waals surface area contributed by atoms with Crippen molar-refractivity contribution in [2.75, 3.05) is 0 Å². The highest BCUT2D eigenvalue weighted by molar-refractivity contribution is 5.89. The summed E-state index contributed by atoms with van der Waals surface area (Å²) >= 11 is 0. The molecule has 4 aromatic heterocycles. The number of benzene rings is 4. The molecule has 0 saturated carbocycles. The van der Waals surface area contributed by atoms with E-state index in [0.717, 1.165) is 55.9 Å². The van der Waals surface area contributed by atoms with Gasteiger partial charge in [-0.1, -0.05) is 115 Å². The van der Waals surface area contributed by atoms with Crippen LogP contribution in [0.5, 0.6) is 0 Å². The van der Waals surface area contributed by atoms with Gasteiger partial charge in [-0.25, -0.2) is 24.9 Å². The van der Waals surface area contributed by atoms with Crippen LogP contribution in [0, 0.1) is 0 Å². The summed E-state index contributed by atoms with van der Waals surface area (Å²) in [5.41, 5.74) is 7.61. The Morgan fingerprint density at radius 1 is 0.395 bits per heavy atom. The first-order valence-electron chi connectivity index (χ1n) is 14.1. The topological polar surface area (TPSA) is 68.9 Å². The normalized spacial score (nSPS) is 11.3. The molecule has 0 aliphatic rings. The predicted octanol–water partition coefficient (Wildman–Crippen LogP) is 8.40. The molecule has 0 aliphatic carbocycles. The summed E-state index contributed by atoms with van der Waals surface area (Å²) < 4.78 is 2.15. The number of aromatic nitrogens is 6. The summed E-state index contributed by atoms with van der Waals surface area (Å²) in [5.74, 6) is 2.72. The smallest absolute Gasteiger partial charge is 0.164 e. The molecule has 6 heteroatoms. The maximum atomic E-state index is 5.17. The lowest BCUT2D eigenvalue weighted by Gasteiger charge is -2.09. The Labute approximate surface area is 248 Å². The summed E-state index contributed by atoms with van der Waals surface area (Å²) in [6.07, 6.45) is 1.83. The minimum absolute atomic E-state index is 0.615. The lowest BCUT2D eigenvalue weighted by molar-refractivity contribution is 1.07. The van der Waals surface area contributed by atoms with Gasteiger partial charge in [0.15, 0.2) is 17.5 Å². The number of hydrogen-bond donors (Lipinski definition) is 0. The van der Waals surface area contributed by atoms with E-state index < -0.39 is 0 Å². The van der Waals surface area contributed by atoms with Crippen molar-refractivity contribution in [1.29, 1.82) is 0 Å². The van der Waals surface area contributed by atoms with Crippen molar-refractivity contribution in [3.8, 4) is 56.8 Å². The van der Waals surface area contributed by atoms with Crippen molar-refractivity contribution in [2.45, 2.75) is 0 Å². The average molecular weight is 553 g/mol. The van der Waals surface area contributed by atoms with E-state index >= 15 is 0 Å². The molecule has 0 N–H and O–H groups in total. The van der Waals surface area contributed by atoms with Crippen LogP contribution in [0.2, 0.25) is 0 Å². The summed E-state index contributed by atoms with van der Waals surface area (Å²) in [6, 6.07) is 46.8. The Kier molecular flexibility index (Phi) is 6.01. The SMILES string of the molecule is c1ccc(-c2nc(-c3ccccc3)nc(-c3ccc(-c4nc(-c5ccccc5)c5ccc6cccnc6n45)cc3)n2)cc1. The van der Waals surface area contributed by atoms with Crippen molar-refractivity contribution in [3.05, 3.63) is 146 Å². The molecular weight excluding hydrogens is 528 g/mol. The molecule has 0 aliphatic heterocycles. The molecule has 0 fully saturated rings. The molecule has 0 atom stereocenters. The zero-order valence-electron chi connectivity index (χ0n) is 23.0. The van der Waals surface area contributed by atoms with Crippen LogP contribution in [-0.4, -0.2) is 29.3 Å². The fourth-order valence-electron chi connectivity index (χ4n) is 5.40. The molecule has 0 saturated heterocycles. The molecule has 8 aromatic rings. The van der Waals surface area contributed by atoms with Gasteiger partial charge >= 0.3 is 0 Å². The monoisotopic (exact) mass is 552 g/mol. The summed E-state index contributed by atoms with van der Waals surface area (Å²) in [4.78, 5) is 24.5. The highest BCUT2D eigenvalue weighted by Crippen LogP contribution is 2.33. The first kappa shape index (κ1) is 24.8. The van der Waals surface area contributed by atoms with Crippen molar-refractivity contribution < 1.29 is 0 Å². The zero-order chi connectivity index (χ0) is 28.6. The highest BCUT2D eigenvalue weighted by atomic mass is 15.1. The summed E-state index contributed by atoms with van der Waals surface area (Å²) in [5, 5.41) is 1.05. The molecule has 6 nitrogen and oxygen atoms in total. The van der Waals surface area contributed by atoms with Gasteiger partial charge < -0.3 is 0 Å². The van der Waals surface area contributed by atoms with Crippen LogP contribution < -0.4 is 0 Å². The van der Waals surface area contributed by atoms with Gasteiger partial charge in [0.25, 0.3) is 0 Å². The Bertz CT molecular complexity index is 2150. The molecule has 0 spiro atoms. The third kappa shape index (κ3) is 4.51. The molecule has 202 valence electrons. The molecule has 0 unspecified atom stereocenters. The van der Waals surface area contributed by atoms with Gasteiger partial charge in [-0.3, -0.25) is 4.40 Å². The number of hydrogen-bond acceptors (Lipinski definition) is 5. The van der Waals surface area contributed by atoms with Crippen LogP contribution in [0.4, 0.5) is 0 Å². The Morgan fingerprint density at radius 2 is 0.907 bits per heavy atom. The third-order valence-electron chi connectivity index (χ3n) is 7.51. The van der Waals surface area contributed by atoms with Crippen LogP contribution in [0.15, 0.2) is 146 Å². The molecule has 0 bridgehead atoms. The highest BCUT2D eigenvalue weighted by Gasteiger charge is 2.18. The second-order valence-electron chi connectivity index (χ2n) is 10.2. The number of imidazole rings is 1. The van der Waals surface area contributed by atoms with Crippen molar-refractivity contribution in [3.63, 3.8) is 0 Å². The Balaban J connectivity index is 1.28. The van der Waals surface area contributed by atoms with E-state index in [2.05, 4.69) is 59.0 Å². The summed E-state index contributed by atoms with van der Waals surface area (Å²) in [7, 11) is 0. The van der Waals surface area contributed by atoms with Gasteiger partial charge in [0.05, 0.1) is 11.2 Å². The second kappa shape index (κ2) is 10.4. The van der Waals surface area contributed by atoms with Gasteiger partial charge in [-0.15, -0.1) is 0 Å². The first-order chi connectivity index (χ1) is 21.3. The van der Waals surface area contributed by atoms with Crippen molar-refractivity contribution >= 4 is 16.6 Å². The van der Waals surface area contributed by atoms with Crippen molar-refractivity contribution in [2.24, 2.45) is 0 Å². The van der Waals surface area contributed by atoms with E-state index in [1.54, 1.807) is 0 Å². The molecule has 4 heterocycles. The average Bonchev–Trinajstić information content (AvgIpc) is 3.50. The molecule has 8 rings (SSSR count). The van der Waals surface area contributed by atoms with E-state index in [0.29, 0.717) is 17.5 Å². The van der Waals surface area contributed by atoms with Crippen LogP contribution >= 0.6 is 0 Å². The third-order valence-corrected chi connectivity index (χ3v) is 7.51. The number of nitrogens with zero attached hydrogens (tertiary/aromatic N) is 6. The van der Waals surface area contributed by atoms with Crippen LogP contribution in [-0.2, 0) is 0 Å². The van der Waals surface area contributed by atoms with E-state index in [1.807, 2.05) is 91.1 Å². The fourth-order valence-corrected chi connectivity index (χ4v) is 5.40. The molecular formula is C37H24N6. The lowest BCUT2D eigenvalue weighted by atomic mass is 10.1. The largest absolute Gasteiger partial charge is 0.276 e. The minimum Gasteiger partial charge on any atom is -0.276 e. The van der Waals surface area contributed by atoms with Crippen molar-refractivity contribution in [1.82, 2.24) is 29.3 Å². The first-order valence-corrected chi connectivity index (χ1v) is 14.1. The molecule has 0 amide bonds. The zero-order valence-corrected chi connectivity index (χ0v) is 23.0.